The summed E-state index contributed by atoms with van der Waals surface area (Å²) in [6.07, 6.45) is 9.13. The molecular weight excluding hydrogens is 390 g/mol. The number of nitrogens with one attached hydrogen (secondary N) is 1. The summed E-state index contributed by atoms with van der Waals surface area (Å²) >= 11 is 0. The van der Waals surface area contributed by atoms with Crippen LogP contribution in [-0.2, 0) is 28.9 Å². The van der Waals surface area contributed by atoms with Gasteiger partial charge in [-0.05, 0) is 56.4 Å². The Kier molecular flexibility index (Phi) is 5.38. The van der Waals surface area contributed by atoms with Crippen LogP contribution in [0, 0.1) is 17.8 Å². The molecule has 3 aliphatic rings. The predicted molar refractivity (Wildman–Crippen MR) is 117 cm³/mol. The predicted octanol–water partition coefficient (Wildman–Crippen LogP) is 3.29. The van der Waals surface area contributed by atoms with Crippen LogP contribution in [0.2, 0.25) is 0 Å². The fourth-order valence-corrected chi connectivity index (χ4v) is 5.53. The molecule has 0 radical (unpaired) electrons. The van der Waals surface area contributed by atoms with E-state index in [9.17, 15) is 9.59 Å². The van der Waals surface area contributed by atoms with Gasteiger partial charge in [-0.15, -0.1) is 0 Å². The Labute approximate surface area is 182 Å². The molecule has 2 bridgehead atoms. The first kappa shape index (κ1) is 20.0. The zero-order chi connectivity index (χ0) is 21.4. The van der Waals surface area contributed by atoms with E-state index in [1.54, 1.807) is 0 Å². The molecule has 31 heavy (non-hydrogen) atoms. The monoisotopic (exact) mass is 419 g/mol. The summed E-state index contributed by atoms with van der Waals surface area (Å²) in [4.78, 5) is 26.2. The molecule has 6 nitrogen and oxygen atoms in total. The minimum Gasteiger partial charge on any atom is -0.466 e. The summed E-state index contributed by atoms with van der Waals surface area (Å²) in [5.41, 5.74) is 3.89. The smallest absolute Gasteiger partial charge is 0.311 e. The van der Waals surface area contributed by atoms with E-state index in [1.165, 1.54) is 0 Å². The number of aromatic nitrogens is 2. The van der Waals surface area contributed by atoms with E-state index in [0.717, 1.165) is 48.9 Å². The summed E-state index contributed by atoms with van der Waals surface area (Å²) in [6, 6.07) is 9.89. The Morgan fingerprint density at radius 3 is 2.71 bits per heavy atom. The number of aryl methyl sites for hydroxylation is 1. The van der Waals surface area contributed by atoms with Gasteiger partial charge in [-0.1, -0.05) is 42.5 Å². The van der Waals surface area contributed by atoms with Crippen molar-refractivity contribution < 1.29 is 14.3 Å². The maximum Gasteiger partial charge on any atom is 0.311 e. The number of nitrogens with zero attached hydrogens (tertiary/aromatic N) is 2. The molecule has 6 heteroatoms. The number of fused-ring (bicyclic) bond motifs is 3. The van der Waals surface area contributed by atoms with Gasteiger partial charge in [-0.2, -0.15) is 5.10 Å². The van der Waals surface area contributed by atoms with Crippen LogP contribution in [0.1, 0.15) is 53.5 Å². The van der Waals surface area contributed by atoms with Gasteiger partial charge in [0.25, 0.3) is 5.91 Å². The zero-order valence-corrected chi connectivity index (χ0v) is 17.9. The van der Waals surface area contributed by atoms with Crippen molar-refractivity contribution in [3.8, 4) is 0 Å². The number of amides is 1. The van der Waals surface area contributed by atoms with Gasteiger partial charge < -0.3 is 10.1 Å². The van der Waals surface area contributed by atoms with Crippen LogP contribution in [0.15, 0.2) is 42.5 Å². The lowest BCUT2D eigenvalue weighted by atomic mass is 9.88. The topological polar surface area (TPSA) is 73.2 Å². The highest BCUT2D eigenvalue weighted by Gasteiger charge is 2.50. The number of hydrogen-bond donors (Lipinski definition) is 1. The van der Waals surface area contributed by atoms with Gasteiger partial charge in [-0.25, -0.2) is 0 Å². The highest BCUT2D eigenvalue weighted by Crippen LogP contribution is 2.44. The van der Waals surface area contributed by atoms with Crippen LogP contribution in [0.25, 0.3) is 0 Å². The molecule has 1 amide bonds. The first-order chi connectivity index (χ1) is 15.2. The van der Waals surface area contributed by atoms with Crippen LogP contribution in [-0.4, -0.2) is 34.3 Å². The lowest BCUT2D eigenvalue weighted by Gasteiger charge is -2.27. The van der Waals surface area contributed by atoms with E-state index >= 15 is 0 Å². The molecule has 162 valence electrons. The van der Waals surface area contributed by atoms with Crippen molar-refractivity contribution in [3.63, 3.8) is 0 Å². The second-order valence-corrected chi connectivity index (χ2v) is 8.85. The third-order valence-electron chi connectivity index (χ3n) is 6.93. The number of carbonyl (C=O) groups is 2. The van der Waals surface area contributed by atoms with Crippen molar-refractivity contribution in [2.45, 2.75) is 51.6 Å². The first-order valence-corrected chi connectivity index (χ1v) is 11.4. The van der Waals surface area contributed by atoms with Gasteiger partial charge in [0.1, 0.15) is 5.69 Å². The third-order valence-corrected chi connectivity index (χ3v) is 6.93. The van der Waals surface area contributed by atoms with E-state index in [1.807, 2.05) is 29.8 Å². The molecule has 5 rings (SSSR count). The zero-order valence-electron chi connectivity index (χ0n) is 17.9. The molecule has 1 N–H and O–H groups in total. The van der Waals surface area contributed by atoms with Crippen molar-refractivity contribution in [1.29, 1.82) is 0 Å². The second kappa shape index (κ2) is 8.33. The number of ether oxygens (including phenoxy) is 1. The standard InChI is InChI=1S/C25H29N3O3/c1-2-31-25(30)21-17-12-13-18(14-17)22(21)26-24(29)23-19-10-6-7-11-20(19)27-28(23)15-16-8-4-3-5-9-16/h3-5,8-9,12-13,17-18,21-22H,2,6-7,10-11,14-15H2,1H3,(H,26,29)/t17?,18?,21-,22+/m0/s1. The third kappa shape index (κ3) is 3.68. The Morgan fingerprint density at radius 2 is 1.90 bits per heavy atom. The number of esters is 1. The Bertz CT molecular complexity index is 1010. The lowest BCUT2D eigenvalue weighted by molar-refractivity contribution is -0.149. The van der Waals surface area contributed by atoms with E-state index in [0.29, 0.717) is 18.8 Å². The highest BCUT2D eigenvalue weighted by molar-refractivity contribution is 5.95. The second-order valence-electron chi connectivity index (χ2n) is 8.85. The van der Waals surface area contributed by atoms with Gasteiger partial charge in [-0.3, -0.25) is 14.3 Å². The van der Waals surface area contributed by atoms with E-state index in [-0.39, 0.29) is 35.7 Å². The van der Waals surface area contributed by atoms with Crippen molar-refractivity contribution >= 4 is 11.9 Å². The molecule has 0 spiro atoms. The van der Waals surface area contributed by atoms with Crippen molar-refractivity contribution in [2.24, 2.45) is 17.8 Å². The average molecular weight is 420 g/mol. The Balaban J connectivity index is 1.44. The van der Waals surface area contributed by atoms with Crippen LogP contribution in [0.4, 0.5) is 0 Å². The van der Waals surface area contributed by atoms with Crippen molar-refractivity contribution in [1.82, 2.24) is 15.1 Å². The number of rotatable bonds is 6. The molecule has 2 aromatic rings. The number of benzene rings is 1. The summed E-state index contributed by atoms with van der Waals surface area (Å²) in [5.74, 6) is -0.293. The Morgan fingerprint density at radius 1 is 1.13 bits per heavy atom. The molecule has 1 saturated carbocycles. The van der Waals surface area contributed by atoms with Gasteiger partial charge in [0.15, 0.2) is 0 Å². The molecule has 1 aromatic carbocycles. The molecule has 0 aliphatic heterocycles. The maximum absolute atomic E-state index is 13.6. The first-order valence-electron chi connectivity index (χ1n) is 11.4. The van der Waals surface area contributed by atoms with Crippen LogP contribution < -0.4 is 5.32 Å². The number of hydrogen-bond acceptors (Lipinski definition) is 4. The summed E-state index contributed by atoms with van der Waals surface area (Å²) < 4.78 is 7.20. The summed E-state index contributed by atoms with van der Waals surface area (Å²) in [6.45, 7) is 2.74. The summed E-state index contributed by atoms with van der Waals surface area (Å²) in [5, 5.41) is 8.05. The molecule has 4 atom stereocenters. The normalized spacial score (nSPS) is 26.0. The van der Waals surface area contributed by atoms with E-state index < -0.39 is 0 Å². The summed E-state index contributed by atoms with van der Waals surface area (Å²) in [7, 11) is 0. The van der Waals surface area contributed by atoms with Gasteiger partial charge >= 0.3 is 5.97 Å². The SMILES string of the molecule is CCOC(=O)[C@H]1C2C=CC(C2)[C@H]1NC(=O)c1c2c(nn1Cc1ccccc1)CCCC2. The molecule has 2 unspecified atom stereocenters. The van der Waals surface area contributed by atoms with E-state index in [2.05, 4.69) is 29.6 Å². The minimum atomic E-state index is -0.305. The van der Waals surface area contributed by atoms with Crippen LogP contribution in [0.3, 0.4) is 0 Å². The number of allylic oxidation sites excluding steroid dienone is 1. The molecule has 1 heterocycles. The minimum absolute atomic E-state index is 0.119. The fraction of sp³-hybridized carbons (Fsp3) is 0.480. The number of carbonyl (C=O) groups excluding carboxylic acids is 2. The molecular formula is C25H29N3O3. The van der Waals surface area contributed by atoms with Crippen molar-refractivity contribution in [3.05, 3.63) is 65.0 Å². The molecule has 1 aromatic heterocycles. The van der Waals surface area contributed by atoms with Crippen LogP contribution >= 0.6 is 0 Å². The van der Waals surface area contributed by atoms with Gasteiger partial charge in [0, 0.05) is 11.6 Å². The fourth-order valence-electron chi connectivity index (χ4n) is 5.53. The van der Waals surface area contributed by atoms with Gasteiger partial charge in [0.2, 0.25) is 0 Å². The van der Waals surface area contributed by atoms with Crippen LogP contribution in [0.5, 0.6) is 0 Å². The molecule has 0 saturated heterocycles. The largest absolute Gasteiger partial charge is 0.466 e. The quantitative estimate of drug-likeness (QED) is 0.576. The lowest BCUT2D eigenvalue weighted by Crippen LogP contribution is -2.47. The maximum atomic E-state index is 13.6. The average Bonchev–Trinajstić information content (AvgIpc) is 3.47. The van der Waals surface area contributed by atoms with E-state index in [4.69, 9.17) is 9.84 Å². The molecule has 3 aliphatic carbocycles. The highest BCUT2D eigenvalue weighted by atomic mass is 16.5. The van der Waals surface area contributed by atoms with Gasteiger partial charge in [0.05, 0.1) is 24.8 Å². The molecule has 1 fully saturated rings. The Hall–Kier alpha value is -2.89. The van der Waals surface area contributed by atoms with Crippen molar-refractivity contribution in [2.75, 3.05) is 6.61 Å².